The maximum atomic E-state index is 13.4. The lowest BCUT2D eigenvalue weighted by Crippen LogP contribution is -2.07. The first-order valence-electron chi connectivity index (χ1n) is 5.74. The fourth-order valence-electron chi connectivity index (χ4n) is 2.10. The van der Waals surface area contributed by atoms with Crippen molar-refractivity contribution >= 4 is 16.3 Å². The molecule has 19 heavy (non-hydrogen) atoms. The van der Waals surface area contributed by atoms with Crippen molar-refractivity contribution in [2.24, 2.45) is 5.73 Å². The number of benzene rings is 1. The molecule has 1 unspecified atom stereocenters. The zero-order valence-corrected chi connectivity index (χ0v) is 10.9. The van der Waals surface area contributed by atoms with Gasteiger partial charge in [0.2, 0.25) is 0 Å². The molecule has 0 aliphatic heterocycles. The predicted molar refractivity (Wildman–Crippen MR) is 71.0 cm³/mol. The Morgan fingerprint density at radius 3 is 2.58 bits per heavy atom. The molecule has 0 spiro atoms. The molecule has 0 bridgehead atoms. The van der Waals surface area contributed by atoms with Gasteiger partial charge in [-0.15, -0.1) is 11.3 Å². The van der Waals surface area contributed by atoms with Gasteiger partial charge in [0, 0.05) is 29.2 Å². The second-order valence-electron chi connectivity index (χ2n) is 4.35. The van der Waals surface area contributed by atoms with E-state index in [1.54, 1.807) is 11.3 Å². The third-order valence-corrected chi connectivity index (χ3v) is 3.61. The Labute approximate surface area is 112 Å². The van der Waals surface area contributed by atoms with Crippen LogP contribution in [-0.2, 0) is 0 Å². The fraction of sp³-hybridized carbons (Fsp3) is 0.154. The summed E-state index contributed by atoms with van der Waals surface area (Å²) < 4.78 is 28.6. The number of thiazole rings is 1. The third kappa shape index (κ3) is 2.02. The number of rotatable bonds is 2. The summed E-state index contributed by atoms with van der Waals surface area (Å²) in [5.74, 6) is -1.23. The molecule has 2 aromatic heterocycles. The van der Waals surface area contributed by atoms with E-state index in [9.17, 15) is 8.78 Å². The second-order valence-corrected chi connectivity index (χ2v) is 5.22. The summed E-state index contributed by atoms with van der Waals surface area (Å²) in [6.45, 7) is 1.80. The average Bonchev–Trinajstić information content (AvgIpc) is 2.85. The zero-order valence-electron chi connectivity index (χ0n) is 10.1. The number of imidazole rings is 1. The Balaban J connectivity index is 2.32. The molecule has 3 rings (SSSR count). The van der Waals surface area contributed by atoms with Crippen LogP contribution in [0.25, 0.3) is 16.2 Å². The first kappa shape index (κ1) is 12.3. The number of fused-ring (bicyclic) bond motifs is 1. The Bertz CT molecular complexity index is 725. The van der Waals surface area contributed by atoms with Gasteiger partial charge < -0.3 is 5.73 Å². The maximum absolute atomic E-state index is 13.4. The number of aromatic nitrogens is 2. The lowest BCUT2D eigenvalue weighted by atomic mass is 10.1. The zero-order chi connectivity index (χ0) is 13.6. The molecule has 1 aromatic carbocycles. The van der Waals surface area contributed by atoms with Crippen molar-refractivity contribution in [1.82, 2.24) is 9.38 Å². The molecular formula is C13H11F2N3S. The highest BCUT2D eigenvalue weighted by Crippen LogP contribution is 2.31. The van der Waals surface area contributed by atoms with Crippen LogP contribution in [0.5, 0.6) is 0 Å². The molecule has 6 heteroatoms. The highest BCUT2D eigenvalue weighted by atomic mass is 32.1. The summed E-state index contributed by atoms with van der Waals surface area (Å²) in [6.07, 6.45) is 1.82. The molecule has 0 fully saturated rings. The van der Waals surface area contributed by atoms with Crippen molar-refractivity contribution in [3.8, 4) is 11.3 Å². The van der Waals surface area contributed by atoms with Gasteiger partial charge in [0.15, 0.2) is 4.96 Å². The van der Waals surface area contributed by atoms with Gasteiger partial charge in [0.05, 0.1) is 11.4 Å². The van der Waals surface area contributed by atoms with Crippen LogP contribution in [0.3, 0.4) is 0 Å². The average molecular weight is 279 g/mol. The SMILES string of the molecule is CC(N)c1nc2sccn2c1-c1cc(F)cc(F)c1. The van der Waals surface area contributed by atoms with E-state index in [2.05, 4.69) is 4.98 Å². The molecule has 0 aliphatic rings. The lowest BCUT2D eigenvalue weighted by Gasteiger charge is -2.07. The van der Waals surface area contributed by atoms with Crippen molar-refractivity contribution in [2.45, 2.75) is 13.0 Å². The highest BCUT2D eigenvalue weighted by molar-refractivity contribution is 7.15. The molecule has 0 saturated carbocycles. The van der Waals surface area contributed by atoms with Gasteiger partial charge in [-0.2, -0.15) is 0 Å². The maximum Gasteiger partial charge on any atom is 0.194 e. The van der Waals surface area contributed by atoms with Gasteiger partial charge in [-0.05, 0) is 19.1 Å². The van der Waals surface area contributed by atoms with Crippen LogP contribution in [0, 0.1) is 11.6 Å². The van der Waals surface area contributed by atoms with Gasteiger partial charge in [0.1, 0.15) is 11.6 Å². The van der Waals surface area contributed by atoms with Gasteiger partial charge in [-0.25, -0.2) is 13.8 Å². The van der Waals surface area contributed by atoms with Crippen molar-refractivity contribution in [2.75, 3.05) is 0 Å². The minimum absolute atomic E-state index is 0.312. The molecule has 0 saturated heterocycles. The molecule has 2 heterocycles. The molecule has 1 atom stereocenters. The molecule has 0 radical (unpaired) electrons. The summed E-state index contributed by atoms with van der Waals surface area (Å²) in [6, 6.07) is 3.11. The Hall–Kier alpha value is -1.79. The quantitative estimate of drug-likeness (QED) is 0.781. The van der Waals surface area contributed by atoms with Crippen LogP contribution < -0.4 is 5.73 Å². The van der Waals surface area contributed by atoms with E-state index in [0.29, 0.717) is 17.0 Å². The van der Waals surface area contributed by atoms with Gasteiger partial charge in [-0.3, -0.25) is 4.40 Å². The highest BCUT2D eigenvalue weighted by Gasteiger charge is 2.18. The summed E-state index contributed by atoms with van der Waals surface area (Å²) in [7, 11) is 0. The van der Waals surface area contributed by atoms with Crippen LogP contribution in [-0.4, -0.2) is 9.38 Å². The molecule has 3 nitrogen and oxygen atoms in total. The van der Waals surface area contributed by atoms with E-state index in [0.717, 1.165) is 11.0 Å². The van der Waals surface area contributed by atoms with E-state index in [1.807, 2.05) is 11.6 Å². The topological polar surface area (TPSA) is 43.3 Å². The molecule has 98 valence electrons. The van der Waals surface area contributed by atoms with Crippen LogP contribution in [0.2, 0.25) is 0 Å². The summed E-state index contributed by atoms with van der Waals surface area (Å²) >= 11 is 1.45. The molecular weight excluding hydrogens is 268 g/mol. The van der Waals surface area contributed by atoms with Crippen molar-refractivity contribution in [3.63, 3.8) is 0 Å². The predicted octanol–water partition coefficient (Wildman–Crippen LogP) is 3.36. The van der Waals surface area contributed by atoms with Crippen LogP contribution >= 0.6 is 11.3 Å². The van der Waals surface area contributed by atoms with Crippen molar-refractivity contribution < 1.29 is 8.78 Å². The first-order chi connectivity index (χ1) is 9.06. The molecule has 0 amide bonds. The normalized spacial score (nSPS) is 13.1. The minimum atomic E-state index is -0.615. The van der Waals surface area contributed by atoms with E-state index >= 15 is 0 Å². The number of hydrogen-bond acceptors (Lipinski definition) is 3. The summed E-state index contributed by atoms with van der Waals surface area (Å²) in [5, 5.41) is 1.87. The third-order valence-electron chi connectivity index (χ3n) is 2.86. The molecule has 3 aromatic rings. The Morgan fingerprint density at radius 1 is 1.26 bits per heavy atom. The van der Waals surface area contributed by atoms with E-state index in [4.69, 9.17) is 5.73 Å². The smallest absolute Gasteiger partial charge is 0.194 e. The van der Waals surface area contributed by atoms with Gasteiger partial charge in [0.25, 0.3) is 0 Å². The molecule has 2 N–H and O–H groups in total. The van der Waals surface area contributed by atoms with E-state index < -0.39 is 11.6 Å². The minimum Gasteiger partial charge on any atom is -0.323 e. The number of nitrogens with two attached hydrogens (primary N) is 1. The Morgan fingerprint density at radius 2 is 1.95 bits per heavy atom. The first-order valence-corrected chi connectivity index (χ1v) is 6.61. The monoisotopic (exact) mass is 279 g/mol. The summed E-state index contributed by atoms with van der Waals surface area (Å²) in [5.41, 5.74) is 7.61. The van der Waals surface area contributed by atoms with Gasteiger partial charge in [-0.1, -0.05) is 0 Å². The fourth-order valence-corrected chi connectivity index (χ4v) is 2.82. The standard InChI is InChI=1S/C13H11F2N3S/c1-7(16)11-12(18-2-3-19-13(18)17-11)8-4-9(14)6-10(15)5-8/h2-7H,16H2,1H3. The second kappa shape index (κ2) is 4.40. The largest absolute Gasteiger partial charge is 0.323 e. The number of nitrogens with zero attached hydrogens (tertiary/aromatic N) is 2. The number of halogens is 2. The van der Waals surface area contributed by atoms with Crippen molar-refractivity contribution in [3.05, 3.63) is 47.1 Å². The van der Waals surface area contributed by atoms with E-state index in [-0.39, 0.29) is 6.04 Å². The van der Waals surface area contributed by atoms with Gasteiger partial charge >= 0.3 is 0 Å². The summed E-state index contributed by atoms with van der Waals surface area (Å²) in [4.78, 5) is 5.18. The van der Waals surface area contributed by atoms with Crippen LogP contribution in [0.4, 0.5) is 8.78 Å². The Kier molecular flexibility index (Phi) is 2.83. The van der Waals surface area contributed by atoms with E-state index in [1.165, 1.54) is 23.5 Å². The lowest BCUT2D eigenvalue weighted by molar-refractivity contribution is 0.584. The van der Waals surface area contributed by atoms with Crippen LogP contribution in [0.1, 0.15) is 18.7 Å². The molecule has 0 aliphatic carbocycles. The van der Waals surface area contributed by atoms with Crippen LogP contribution in [0.15, 0.2) is 29.8 Å². The number of hydrogen-bond donors (Lipinski definition) is 1. The van der Waals surface area contributed by atoms with Crippen molar-refractivity contribution in [1.29, 1.82) is 0 Å².